The fraction of sp³-hybridized carbons (Fsp3) is 0.714. The average Bonchev–Trinajstić information content (AvgIpc) is 2.50. The highest BCUT2D eigenvalue weighted by Gasteiger charge is 2.25. The van der Waals surface area contributed by atoms with Gasteiger partial charge in [-0.05, 0) is 0 Å². The van der Waals surface area contributed by atoms with Gasteiger partial charge < -0.3 is 9.47 Å². The van der Waals surface area contributed by atoms with Crippen LogP contribution in [0.4, 0.5) is 0 Å². The minimum absolute atomic E-state index is 0.326. The standard InChI is InChI=1S/C7H11NO3/c1-3-6-8-5(4-11-6)7(9)10-2/h5H,3-4H2,1-2H3. The molecule has 4 nitrogen and oxygen atoms in total. The van der Waals surface area contributed by atoms with E-state index in [-0.39, 0.29) is 5.97 Å². The van der Waals surface area contributed by atoms with Crippen LogP contribution in [0.5, 0.6) is 0 Å². The van der Waals surface area contributed by atoms with Crippen molar-refractivity contribution in [3.05, 3.63) is 0 Å². The maximum Gasteiger partial charge on any atom is 0.334 e. The first-order chi connectivity index (χ1) is 5.27. The first-order valence-electron chi connectivity index (χ1n) is 3.55. The molecule has 4 heteroatoms. The van der Waals surface area contributed by atoms with Crippen LogP contribution < -0.4 is 0 Å². The molecule has 11 heavy (non-hydrogen) atoms. The van der Waals surface area contributed by atoms with E-state index < -0.39 is 6.04 Å². The van der Waals surface area contributed by atoms with Crippen LogP contribution in [0.2, 0.25) is 0 Å². The topological polar surface area (TPSA) is 47.9 Å². The third kappa shape index (κ3) is 1.69. The molecule has 0 amide bonds. The number of nitrogens with zero attached hydrogens (tertiary/aromatic N) is 1. The second-order valence-corrected chi connectivity index (χ2v) is 2.23. The Kier molecular flexibility index (Phi) is 2.46. The Bertz CT molecular complexity index is 188. The van der Waals surface area contributed by atoms with Gasteiger partial charge >= 0.3 is 5.97 Å². The zero-order valence-electron chi connectivity index (χ0n) is 6.66. The van der Waals surface area contributed by atoms with Crippen LogP contribution in [-0.4, -0.2) is 31.6 Å². The van der Waals surface area contributed by atoms with Crippen molar-refractivity contribution in [1.82, 2.24) is 0 Å². The molecule has 0 aromatic rings. The van der Waals surface area contributed by atoms with E-state index in [1.54, 1.807) is 0 Å². The number of carbonyl (C=O) groups is 1. The fourth-order valence-electron chi connectivity index (χ4n) is 0.874. The van der Waals surface area contributed by atoms with E-state index in [0.717, 1.165) is 6.42 Å². The second-order valence-electron chi connectivity index (χ2n) is 2.23. The molecule has 0 saturated carbocycles. The summed E-state index contributed by atoms with van der Waals surface area (Å²) in [5.74, 6) is 0.314. The zero-order valence-corrected chi connectivity index (χ0v) is 6.66. The maximum absolute atomic E-state index is 10.9. The first-order valence-corrected chi connectivity index (χ1v) is 3.55. The molecular formula is C7H11NO3. The summed E-state index contributed by atoms with van der Waals surface area (Å²) < 4.78 is 9.59. The molecule has 1 heterocycles. The highest BCUT2D eigenvalue weighted by atomic mass is 16.5. The van der Waals surface area contributed by atoms with E-state index in [0.29, 0.717) is 12.5 Å². The quantitative estimate of drug-likeness (QED) is 0.544. The van der Waals surface area contributed by atoms with Crippen LogP contribution in [0.25, 0.3) is 0 Å². The normalized spacial score (nSPS) is 22.4. The Hall–Kier alpha value is -1.06. The smallest absolute Gasteiger partial charge is 0.334 e. The van der Waals surface area contributed by atoms with Crippen LogP contribution in [0, 0.1) is 0 Å². The predicted molar refractivity (Wildman–Crippen MR) is 39.5 cm³/mol. The van der Waals surface area contributed by atoms with E-state index in [1.165, 1.54) is 7.11 Å². The molecule has 0 saturated heterocycles. The largest absolute Gasteiger partial charge is 0.478 e. The lowest BCUT2D eigenvalue weighted by atomic mass is 10.3. The Morgan fingerprint density at radius 3 is 3.09 bits per heavy atom. The Balaban J connectivity index is 2.52. The molecule has 0 spiro atoms. The summed E-state index contributed by atoms with van der Waals surface area (Å²) in [6.45, 7) is 2.26. The third-order valence-electron chi connectivity index (χ3n) is 1.48. The summed E-state index contributed by atoms with van der Waals surface area (Å²) in [6.07, 6.45) is 0.730. The summed E-state index contributed by atoms with van der Waals surface area (Å²) in [5, 5.41) is 0. The molecule has 0 aromatic carbocycles. The number of hydrogen-bond donors (Lipinski definition) is 0. The predicted octanol–water partition coefficient (Wildman–Crippen LogP) is 0.367. The summed E-state index contributed by atoms with van der Waals surface area (Å²) >= 11 is 0. The highest BCUT2D eigenvalue weighted by Crippen LogP contribution is 2.07. The summed E-state index contributed by atoms with van der Waals surface area (Å²) in [6, 6.07) is -0.435. The van der Waals surface area contributed by atoms with Crippen molar-refractivity contribution in [1.29, 1.82) is 0 Å². The van der Waals surface area contributed by atoms with Gasteiger partial charge in [0.05, 0.1) is 7.11 Å². The molecule has 0 N–H and O–H groups in total. The SMILES string of the molecule is CCC1=NC(C(=O)OC)CO1. The molecular weight excluding hydrogens is 146 g/mol. The fourth-order valence-corrected chi connectivity index (χ4v) is 0.874. The monoisotopic (exact) mass is 157 g/mol. The lowest BCUT2D eigenvalue weighted by Gasteiger charge is -2.00. The Labute approximate surface area is 65.2 Å². The van der Waals surface area contributed by atoms with Crippen LogP contribution in [0.1, 0.15) is 13.3 Å². The van der Waals surface area contributed by atoms with Crippen LogP contribution >= 0.6 is 0 Å². The average molecular weight is 157 g/mol. The van der Waals surface area contributed by atoms with Crippen molar-refractivity contribution < 1.29 is 14.3 Å². The van der Waals surface area contributed by atoms with Gasteiger partial charge in [0.2, 0.25) is 0 Å². The van der Waals surface area contributed by atoms with Gasteiger partial charge in [0.25, 0.3) is 0 Å². The van der Waals surface area contributed by atoms with Crippen LogP contribution in [0.3, 0.4) is 0 Å². The van der Waals surface area contributed by atoms with Gasteiger partial charge in [0, 0.05) is 6.42 Å². The van der Waals surface area contributed by atoms with Crippen molar-refractivity contribution in [2.75, 3.05) is 13.7 Å². The molecule has 1 aliphatic heterocycles. The molecule has 1 rings (SSSR count). The van der Waals surface area contributed by atoms with Crippen molar-refractivity contribution in [3.8, 4) is 0 Å². The summed E-state index contributed by atoms with van der Waals surface area (Å²) in [5.41, 5.74) is 0. The summed E-state index contributed by atoms with van der Waals surface area (Å²) in [7, 11) is 1.35. The van der Waals surface area contributed by atoms with Crippen molar-refractivity contribution >= 4 is 11.9 Å². The molecule has 62 valence electrons. The van der Waals surface area contributed by atoms with Gasteiger partial charge in [-0.25, -0.2) is 9.79 Å². The number of carbonyl (C=O) groups excluding carboxylic acids is 1. The minimum atomic E-state index is -0.435. The highest BCUT2D eigenvalue weighted by molar-refractivity contribution is 5.85. The number of methoxy groups -OCH3 is 1. The zero-order chi connectivity index (χ0) is 8.27. The number of esters is 1. The lowest BCUT2D eigenvalue weighted by molar-refractivity contribution is -0.142. The van der Waals surface area contributed by atoms with Gasteiger partial charge in [-0.15, -0.1) is 0 Å². The number of hydrogen-bond acceptors (Lipinski definition) is 4. The Morgan fingerprint density at radius 2 is 2.64 bits per heavy atom. The maximum atomic E-state index is 10.9. The van der Waals surface area contributed by atoms with Crippen molar-refractivity contribution in [2.45, 2.75) is 19.4 Å². The van der Waals surface area contributed by atoms with E-state index in [9.17, 15) is 4.79 Å². The minimum Gasteiger partial charge on any atom is -0.478 e. The van der Waals surface area contributed by atoms with Crippen molar-refractivity contribution in [3.63, 3.8) is 0 Å². The first kappa shape index (κ1) is 8.04. The van der Waals surface area contributed by atoms with E-state index in [4.69, 9.17) is 4.74 Å². The number of ether oxygens (including phenoxy) is 2. The molecule has 0 bridgehead atoms. The third-order valence-corrected chi connectivity index (χ3v) is 1.48. The van der Waals surface area contributed by atoms with Gasteiger partial charge in [-0.2, -0.15) is 0 Å². The van der Waals surface area contributed by atoms with Gasteiger partial charge in [-0.1, -0.05) is 6.92 Å². The molecule has 0 aliphatic carbocycles. The molecule has 1 aliphatic rings. The van der Waals surface area contributed by atoms with E-state index >= 15 is 0 Å². The van der Waals surface area contributed by atoms with E-state index in [1.807, 2.05) is 6.92 Å². The lowest BCUT2D eigenvalue weighted by Crippen LogP contribution is -2.21. The van der Waals surface area contributed by atoms with E-state index in [2.05, 4.69) is 9.73 Å². The number of aliphatic imine (C=N–C) groups is 1. The molecule has 1 unspecified atom stereocenters. The van der Waals surface area contributed by atoms with Crippen LogP contribution in [-0.2, 0) is 14.3 Å². The number of rotatable bonds is 2. The molecule has 0 fully saturated rings. The Morgan fingerprint density at radius 1 is 1.91 bits per heavy atom. The second kappa shape index (κ2) is 3.37. The van der Waals surface area contributed by atoms with Crippen molar-refractivity contribution in [2.24, 2.45) is 4.99 Å². The summed E-state index contributed by atoms with van der Waals surface area (Å²) in [4.78, 5) is 14.9. The van der Waals surface area contributed by atoms with Gasteiger partial charge in [-0.3, -0.25) is 0 Å². The molecule has 0 radical (unpaired) electrons. The van der Waals surface area contributed by atoms with Gasteiger partial charge in [0.1, 0.15) is 6.61 Å². The molecule has 0 aromatic heterocycles. The van der Waals surface area contributed by atoms with Crippen LogP contribution in [0.15, 0.2) is 4.99 Å². The van der Waals surface area contributed by atoms with Gasteiger partial charge in [0.15, 0.2) is 11.9 Å². The molecule has 1 atom stereocenters.